The Morgan fingerprint density at radius 2 is 1.71 bits per heavy atom. The third kappa shape index (κ3) is 5.04. The molecule has 2 aliphatic rings. The van der Waals surface area contributed by atoms with E-state index in [4.69, 9.17) is 16.7 Å². The van der Waals surface area contributed by atoms with Crippen molar-refractivity contribution in [3.63, 3.8) is 0 Å². The highest BCUT2D eigenvalue weighted by atomic mass is 35.5. The van der Waals surface area contributed by atoms with Crippen molar-refractivity contribution in [1.82, 2.24) is 4.57 Å². The molecule has 41 heavy (non-hydrogen) atoms. The summed E-state index contributed by atoms with van der Waals surface area (Å²) in [5, 5.41) is 9.79. The number of nitrogens with two attached hydrogens (primary N) is 1. The number of imide groups is 1. The van der Waals surface area contributed by atoms with E-state index < -0.39 is 43.8 Å². The van der Waals surface area contributed by atoms with Crippen LogP contribution in [0.1, 0.15) is 15.7 Å². The first-order chi connectivity index (χ1) is 19.5. The number of hydrogen-bond acceptors (Lipinski definition) is 9. The van der Waals surface area contributed by atoms with Gasteiger partial charge in [0, 0.05) is 26.4 Å². The molecule has 2 aromatic heterocycles. The number of anilines is 2. The topological polar surface area (TPSA) is 149 Å². The number of aromatic nitrogens is 1. The van der Waals surface area contributed by atoms with Crippen molar-refractivity contribution in [2.45, 2.75) is 27.6 Å². The van der Waals surface area contributed by atoms with Crippen molar-refractivity contribution >= 4 is 85.2 Å². The molecule has 0 aliphatic carbocycles. The number of thiazole rings is 1. The Labute approximate surface area is 250 Å². The molecular formula is C26H19ClN4O6S4. The molecule has 210 valence electrons. The van der Waals surface area contributed by atoms with E-state index in [0.717, 1.165) is 28.0 Å². The molecule has 1 saturated heterocycles. The second kappa shape index (κ2) is 10.5. The van der Waals surface area contributed by atoms with Crippen LogP contribution in [0.15, 0.2) is 80.8 Å². The van der Waals surface area contributed by atoms with Crippen LogP contribution < -0.4 is 20.2 Å². The van der Waals surface area contributed by atoms with Gasteiger partial charge >= 0.3 is 4.87 Å². The first kappa shape index (κ1) is 27.9. The Balaban J connectivity index is 1.33. The van der Waals surface area contributed by atoms with Gasteiger partial charge in [-0.05, 0) is 60.0 Å². The van der Waals surface area contributed by atoms with Crippen LogP contribution in [0.2, 0.25) is 5.02 Å². The second-order valence-electron chi connectivity index (χ2n) is 9.29. The number of benzene rings is 2. The Hall–Kier alpha value is -3.27. The quantitative estimate of drug-likeness (QED) is 0.303. The van der Waals surface area contributed by atoms with Gasteiger partial charge in [-0.15, -0.1) is 11.3 Å². The molecule has 2 aliphatic heterocycles. The van der Waals surface area contributed by atoms with E-state index in [0.29, 0.717) is 26.3 Å². The summed E-state index contributed by atoms with van der Waals surface area (Å²) in [6.07, 6.45) is 0. The zero-order chi connectivity index (χ0) is 29.1. The number of carbonyl (C=O) groups is 3. The molecular weight excluding hydrogens is 628 g/mol. The highest BCUT2D eigenvalue weighted by Gasteiger charge is 2.57. The summed E-state index contributed by atoms with van der Waals surface area (Å²) in [6.45, 7) is -0.341. The Kier molecular flexibility index (Phi) is 7.16. The number of thiophene rings is 1. The molecule has 0 saturated carbocycles. The van der Waals surface area contributed by atoms with E-state index in [1.54, 1.807) is 24.3 Å². The van der Waals surface area contributed by atoms with Crippen molar-refractivity contribution in [3.05, 3.63) is 90.5 Å². The lowest BCUT2D eigenvalue weighted by molar-refractivity contribution is -0.122. The molecule has 6 rings (SSSR count). The number of nitrogens with zero attached hydrogens (tertiary/aromatic N) is 2. The van der Waals surface area contributed by atoms with Crippen molar-refractivity contribution in [2.75, 3.05) is 10.2 Å². The fourth-order valence-electron chi connectivity index (χ4n) is 4.95. The van der Waals surface area contributed by atoms with Crippen LogP contribution in [-0.2, 0) is 31.0 Å². The smallest absolute Gasteiger partial charge is 0.308 e. The number of fused-ring (bicyclic) bond motifs is 2. The fraction of sp³-hybridized carbons (Fsp3) is 0.154. The maximum absolute atomic E-state index is 13.8. The summed E-state index contributed by atoms with van der Waals surface area (Å²) in [5.74, 6) is -2.54. The van der Waals surface area contributed by atoms with Gasteiger partial charge in [-0.1, -0.05) is 40.8 Å². The van der Waals surface area contributed by atoms with Gasteiger partial charge < -0.3 is 5.32 Å². The molecule has 1 fully saturated rings. The SMILES string of the molecule is NS(=O)(=O)c1ccc(NC(=O)Cn2c3c(sc2=O)[C@@H](c2cccs2)C2C(=O)N(c4ccc(Cl)cc4)C(=O)C2S3)cc1. The largest absolute Gasteiger partial charge is 0.325 e. The first-order valence-electron chi connectivity index (χ1n) is 12.0. The van der Waals surface area contributed by atoms with Gasteiger partial charge in [-0.2, -0.15) is 0 Å². The highest BCUT2D eigenvalue weighted by molar-refractivity contribution is 8.00. The number of nitrogens with one attached hydrogen (secondary N) is 1. The minimum Gasteiger partial charge on any atom is -0.325 e. The summed E-state index contributed by atoms with van der Waals surface area (Å²) >= 11 is 9.53. The third-order valence-electron chi connectivity index (χ3n) is 6.75. The van der Waals surface area contributed by atoms with Gasteiger partial charge in [-0.25, -0.2) is 18.5 Å². The predicted molar refractivity (Wildman–Crippen MR) is 158 cm³/mol. The van der Waals surface area contributed by atoms with Crippen LogP contribution in [0, 0.1) is 5.92 Å². The number of hydrogen-bond donors (Lipinski definition) is 2. The van der Waals surface area contributed by atoms with E-state index in [2.05, 4.69) is 5.32 Å². The van der Waals surface area contributed by atoms with Crippen LogP contribution in [0.3, 0.4) is 0 Å². The van der Waals surface area contributed by atoms with E-state index in [-0.39, 0.29) is 17.3 Å². The van der Waals surface area contributed by atoms with Gasteiger partial charge in [0.1, 0.15) is 11.8 Å². The number of carbonyl (C=O) groups excluding carboxylic acids is 3. The summed E-state index contributed by atoms with van der Waals surface area (Å²) in [7, 11) is -3.89. The summed E-state index contributed by atoms with van der Waals surface area (Å²) < 4.78 is 24.3. The van der Waals surface area contributed by atoms with Crippen LogP contribution >= 0.6 is 46.0 Å². The molecule has 3 atom stereocenters. The van der Waals surface area contributed by atoms with Crippen LogP contribution in [-0.4, -0.2) is 36.0 Å². The maximum atomic E-state index is 13.8. The van der Waals surface area contributed by atoms with Crippen molar-refractivity contribution in [3.8, 4) is 0 Å². The summed E-state index contributed by atoms with van der Waals surface area (Å²) in [4.78, 5) is 55.8. The van der Waals surface area contributed by atoms with Gasteiger partial charge in [-0.3, -0.25) is 23.7 Å². The van der Waals surface area contributed by atoms with Crippen molar-refractivity contribution in [2.24, 2.45) is 11.1 Å². The second-order valence-corrected chi connectivity index (χ2v) is 14.4. The molecule has 0 spiro atoms. The first-order valence-corrected chi connectivity index (χ1v) is 16.5. The highest BCUT2D eigenvalue weighted by Crippen LogP contribution is 2.54. The van der Waals surface area contributed by atoms with Crippen LogP contribution in [0.25, 0.3) is 0 Å². The molecule has 0 bridgehead atoms. The number of amides is 3. The Morgan fingerprint density at radius 1 is 1.00 bits per heavy atom. The van der Waals surface area contributed by atoms with Gasteiger partial charge in [0.25, 0.3) is 0 Å². The van der Waals surface area contributed by atoms with Crippen molar-refractivity contribution < 1.29 is 22.8 Å². The lowest BCUT2D eigenvalue weighted by Crippen LogP contribution is -2.32. The average Bonchev–Trinajstić information content (AvgIpc) is 3.62. The number of thioether (sulfide) groups is 1. The van der Waals surface area contributed by atoms with E-state index in [9.17, 15) is 27.6 Å². The number of halogens is 1. The Bertz CT molecular complexity index is 1850. The lowest BCUT2D eigenvalue weighted by Gasteiger charge is -2.29. The van der Waals surface area contributed by atoms with E-state index in [1.165, 1.54) is 45.1 Å². The zero-order valence-corrected chi connectivity index (χ0v) is 24.7. The zero-order valence-electron chi connectivity index (χ0n) is 20.7. The molecule has 4 heterocycles. The molecule has 15 heteroatoms. The third-order valence-corrected chi connectivity index (χ3v) is 11.5. The number of rotatable bonds is 6. The van der Waals surface area contributed by atoms with E-state index >= 15 is 0 Å². The predicted octanol–water partition coefficient (Wildman–Crippen LogP) is 3.71. The van der Waals surface area contributed by atoms with E-state index in [1.807, 2.05) is 17.5 Å². The van der Waals surface area contributed by atoms with Gasteiger partial charge in [0.05, 0.1) is 21.5 Å². The molecule has 4 aromatic rings. The monoisotopic (exact) mass is 646 g/mol. The summed E-state index contributed by atoms with van der Waals surface area (Å²) in [6, 6.07) is 15.5. The molecule has 3 N–H and O–H groups in total. The molecule has 2 unspecified atom stereocenters. The van der Waals surface area contributed by atoms with Crippen LogP contribution in [0.5, 0.6) is 0 Å². The standard InChI is InChI=1S/C26H19ClN4O6S4/c27-13-3-7-15(8-4-13)31-23(33)20-19(17-2-1-11-38-17)22-25(39-21(20)24(31)34)30(26(35)40-22)12-18(32)29-14-5-9-16(10-6-14)41(28,36)37/h1-11,19-21H,12H2,(H,29,32)(H2,28,36,37)/t19-,20?,21?/m0/s1. The average molecular weight is 647 g/mol. The lowest BCUT2D eigenvalue weighted by atomic mass is 9.87. The summed E-state index contributed by atoms with van der Waals surface area (Å²) in [5.41, 5.74) is 0.733. The number of sulfonamides is 1. The number of primary sulfonamides is 1. The molecule has 2 aromatic carbocycles. The van der Waals surface area contributed by atoms with Crippen LogP contribution in [0.4, 0.5) is 11.4 Å². The minimum atomic E-state index is -3.89. The normalized spacial score (nSPS) is 20.1. The molecule has 10 nitrogen and oxygen atoms in total. The van der Waals surface area contributed by atoms with Gasteiger partial charge in [0.15, 0.2) is 0 Å². The Morgan fingerprint density at radius 3 is 2.34 bits per heavy atom. The maximum Gasteiger partial charge on any atom is 0.308 e. The van der Waals surface area contributed by atoms with Crippen molar-refractivity contribution in [1.29, 1.82) is 0 Å². The fourth-order valence-corrected chi connectivity index (χ4v) is 9.31. The molecule has 0 radical (unpaired) electrons. The minimum absolute atomic E-state index is 0.104. The van der Waals surface area contributed by atoms with Gasteiger partial charge in [0.2, 0.25) is 27.7 Å². The molecule has 3 amide bonds.